The molecular weight excluding hydrogens is 821 g/mol. The summed E-state index contributed by atoms with van der Waals surface area (Å²) in [5.74, 6) is -3.78. The molecule has 3 aliphatic rings. The van der Waals surface area contributed by atoms with E-state index in [1.807, 2.05) is 0 Å². The number of fused-ring (bicyclic) bond motifs is 5. The van der Waals surface area contributed by atoms with Gasteiger partial charge in [-0.05, 0) is 80.7 Å². The number of ether oxygens (including phenoxy) is 2. The molecule has 0 spiro atoms. The van der Waals surface area contributed by atoms with Crippen molar-refractivity contribution in [1.29, 1.82) is 0 Å². The predicted octanol–water partition coefficient (Wildman–Crippen LogP) is 8.81. The number of aromatic carboxylic acids is 1. The van der Waals surface area contributed by atoms with Crippen LogP contribution >= 0.6 is 11.6 Å². The number of aromatic nitrogens is 2. The zero-order chi connectivity index (χ0) is 42.7. The molecule has 0 radical (unpaired) electrons. The summed E-state index contributed by atoms with van der Waals surface area (Å²) < 4.78 is 60.4. The van der Waals surface area contributed by atoms with Crippen molar-refractivity contribution in [3.05, 3.63) is 82.9 Å². The van der Waals surface area contributed by atoms with Crippen LogP contribution in [0.4, 0.5) is 29.3 Å². The Hall–Kier alpha value is -6.20. The van der Waals surface area contributed by atoms with Gasteiger partial charge in [-0.1, -0.05) is 18.6 Å². The molecule has 0 bridgehead atoms. The highest BCUT2D eigenvalue weighted by Crippen LogP contribution is 2.50. The van der Waals surface area contributed by atoms with Crippen molar-refractivity contribution < 1.29 is 51.3 Å². The third kappa shape index (κ3) is 7.28. The first-order chi connectivity index (χ1) is 29.3. The lowest BCUT2D eigenvalue weighted by molar-refractivity contribution is -0.141. The fourth-order valence-corrected chi connectivity index (χ4v) is 9.31. The molecule has 1 atom stereocenters. The van der Waals surface area contributed by atoms with E-state index >= 15 is 0 Å². The number of benzene rings is 3. The molecule has 3 aromatic carbocycles. The van der Waals surface area contributed by atoms with E-state index in [1.54, 1.807) is 48.5 Å². The number of carboxylic acids is 1. The van der Waals surface area contributed by atoms with Crippen LogP contribution in [-0.4, -0.2) is 101 Å². The number of hydrogen-bond donors (Lipinski definition) is 4. The van der Waals surface area contributed by atoms with Crippen LogP contribution in [0.1, 0.15) is 80.7 Å². The second-order valence-electron chi connectivity index (χ2n) is 15.6. The summed E-state index contributed by atoms with van der Waals surface area (Å²) in [5.41, 5.74) is -1.33. The first kappa shape index (κ1) is 40.2. The summed E-state index contributed by atoms with van der Waals surface area (Å²) in [6.07, 6.45) is -1.08. The summed E-state index contributed by atoms with van der Waals surface area (Å²) in [6, 6.07) is 15.0. The van der Waals surface area contributed by atoms with E-state index in [0.717, 1.165) is 25.9 Å². The quantitative estimate of drug-likeness (QED) is 0.109. The number of hydrogen-bond acceptors (Lipinski definition) is 8. The highest BCUT2D eigenvalue weighted by Gasteiger charge is 2.44. The molecule has 318 valence electrons. The Morgan fingerprint density at radius 2 is 1.72 bits per heavy atom. The number of amides is 3. The van der Waals surface area contributed by atoms with Gasteiger partial charge in [-0.2, -0.15) is 13.2 Å². The van der Waals surface area contributed by atoms with E-state index in [4.69, 9.17) is 25.5 Å². The Kier molecular flexibility index (Phi) is 10.3. The summed E-state index contributed by atoms with van der Waals surface area (Å²) in [6.45, 7) is 2.62. The minimum Gasteiger partial charge on any atom is -0.493 e. The van der Waals surface area contributed by atoms with Crippen LogP contribution in [0, 0.1) is 0 Å². The van der Waals surface area contributed by atoms with Gasteiger partial charge in [0, 0.05) is 70.9 Å². The Balaban J connectivity index is 1.03. The molecule has 6 aromatic rings. The van der Waals surface area contributed by atoms with Crippen LogP contribution in [0.5, 0.6) is 11.5 Å². The highest BCUT2D eigenvalue weighted by molar-refractivity contribution is 6.20. The topological polar surface area (TPSA) is 173 Å². The Labute approximate surface area is 350 Å². The molecule has 4 N–H and O–H groups in total. The van der Waals surface area contributed by atoms with Gasteiger partial charge in [0.25, 0.3) is 11.8 Å². The summed E-state index contributed by atoms with van der Waals surface area (Å²) in [5, 5.41) is 13.9. The number of rotatable bonds is 8. The molecule has 0 unspecified atom stereocenters. The molecule has 2 fully saturated rings. The van der Waals surface area contributed by atoms with E-state index in [0.29, 0.717) is 65.3 Å². The summed E-state index contributed by atoms with van der Waals surface area (Å²) >= 11 is 6.41. The van der Waals surface area contributed by atoms with Gasteiger partial charge in [0.1, 0.15) is 11.4 Å². The number of aromatic amines is 2. The number of H-pyrrole nitrogens is 2. The molecule has 2 saturated heterocycles. The smallest absolute Gasteiger partial charge is 0.432 e. The van der Waals surface area contributed by atoms with Crippen LogP contribution in [-0.2, 0) is 6.18 Å². The van der Waals surface area contributed by atoms with Gasteiger partial charge in [-0.25, -0.2) is 9.59 Å². The number of nitrogens with zero attached hydrogens (tertiary/aromatic N) is 3. The largest absolute Gasteiger partial charge is 0.493 e. The van der Waals surface area contributed by atoms with Gasteiger partial charge in [0.2, 0.25) is 0 Å². The maximum Gasteiger partial charge on any atom is 0.432 e. The average molecular weight is 861 g/mol. The summed E-state index contributed by atoms with van der Waals surface area (Å²) in [4.78, 5) is 64.5. The van der Waals surface area contributed by atoms with Crippen LogP contribution in [0.2, 0.25) is 0 Å². The van der Waals surface area contributed by atoms with E-state index in [2.05, 4.69) is 20.2 Å². The van der Waals surface area contributed by atoms with E-state index in [1.165, 1.54) is 29.4 Å². The van der Waals surface area contributed by atoms with Crippen LogP contribution in [0.25, 0.3) is 32.8 Å². The third-order valence-electron chi connectivity index (χ3n) is 12.0. The Morgan fingerprint density at radius 1 is 0.951 bits per heavy atom. The molecule has 14 nitrogen and oxygen atoms in total. The standard InChI is InChI=1S/C43H40ClF3N6O8/c1-59-30-7-5-6-22-18-32(60-37(22)30)39(54)48-25-8-9-27-23(16-25)17-28(49-27)40(55)53-21-24(20-44)33-29(53)19-31(36-34(33)35(41(56)57)38(50-36)43(45,46)47)61-42(58)52-14-10-26(11-15-52)51-12-3-2-4-13-51/h5-9,16-19,24,26,49-50H,2-4,10-15,20-21H2,1H3,(H,48,54)(H,56,57)/t24-/m1/s1. The lowest BCUT2D eigenvalue weighted by atomic mass is 9.95. The van der Waals surface area contributed by atoms with Crippen molar-refractivity contribution in [1.82, 2.24) is 19.8 Å². The molecule has 18 heteroatoms. The maximum absolute atomic E-state index is 14.5. The molecular formula is C43H40ClF3N6O8. The number of furan rings is 1. The number of carbonyl (C=O) groups excluding carboxylic acids is 3. The van der Waals surface area contributed by atoms with Crippen LogP contribution in [0.3, 0.4) is 0 Å². The van der Waals surface area contributed by atoms with E-state index in [-0.39, 0.29) is 51.8 Å². The molecule has 3 amide bonds. The van der Waals surface area contributed by atoms with Crippen molar-refractivity contribution in [2.24, 2.45) is 0 Å². The number of para-hydroxylation sites is 1. The molecule has 9 rings (SSSR count). The van der Waals surface area contributed by atoms with Gasteiger partial charge in [0.15, 0.2) is 22.8 Å². The lowest BCUT2D eigenvalue weighted by Crippen LogP contribution is -2.48. The Bertz CT molecular complexity index is 2730. The third-order valence-corrected chi connectivity index (χ3v) is 12.4. The molecule has 3 aliphatic heterocycles. The number of piperidine rings is 2. The van der Waals surface area contributed by atoms with Gasteiger partial charge in [-0.15, -0.1) is 11.6 Å². The first-order valence-corrected chi connectivity index (χ1v) is 20.5. The minimum atomic E-state index is -5.12. The molecule has 0 saturated carbocycles. The van der Waals surface area contributed by atoms with Gasteiger partial charge in [-0.3, -0.25) is 9.59 Å². The normalized spacial score (nSPS) is 17.6. The number of carboxylic acid groups (broad SMARTS) is 1. The van der Waals surface area contributed by atoms with Crippen LogP contribution in [0.15, 0.2) is 59.0 Å². The van der Waals surface area contributed by atoms with Gasteiger partial charge >= 0.3 is 18.2 Å². The zero-order valence-electron chi connectivity index (χ0n) is 32.8. The van der Waals surface area contributed by atoms with Crippen molar-refractivity contribution >= 4 is 79.6 Å². The number of alkyl halides is 4. The average Bonchev–Trinajstić information content (AvgIpc) is 4.06. The fourth-order valence-electron chi connectivity index (χ4n) is 9.06. The first-order valence-electron chi connectivity index (χ1n) is 19.9. The lowest BCUT2D eigenvalue weighted by Gasteiger charge is -2.39. The maximum atomic E-state index is 14.5. The number of methoxy groups -OCH3 is 1. The number of anilines is 2. The van der Waals surface area contributed by atoms with Crippen molar-refractivity contribution in [2.45, 2.75) is 50.2 Å². The predicted molar refractivity (Wildman–Crippen MR) is 220 cm³/mol. The number of halogens is 4. The number of nitrogens with one attached hydrogen (secondary N) is 3. The molecule has 0 aliphatic carbocycles. The zero-order valence-corrected chi connectivity index (χ0v) is 33.5. The van der Waals surface area contributed by atoms with Gasteiger partial charge < -0.3 is 49.0 Å². The van der Waals surface area contributed by atoms with Crippen molar-refractivity contribution in [3.8, 4) is 11.5 Å². The number of carbonyl (C=O) groups is 4. The minimum absolute atomic E-state index is 0.0542. The fraction of sp³-hybridized carbons (Fsp3) is 0.349. The second-order valence-corrected chi connectivity index (χ2v) is 15.9. The Morgan fingerprint density at radius 3 is 2.43 bits per heavy atom. The number of likely N-dealkylation sites (tertiary alicyclic amines) is 2. The molecule has 61 heavy (non-hydrogen) atoms. The van der Waals surface area contributed by atoms with Crippen molar-refractivity contribution in [2.75, 3.05) is 55.9 Å². The van der Waals surface area contributed by atoms with Gasteiger partial charge in [0.05, 0.1) is 23.9 Å². The summed E-state index contributed by atoms with van der Waals surface area (Å²) in [7, 11) is 1.50. The molecule has 3 aromatic heterocycles. The second kappa shape index (κ2) is 15.7. The van der Waals surface area contributed by atoms with Crippen molar-refractivity contribution in [3.63, 3.8) is 0 Å². The van der Waals surface area contributed by atoms with E-state index < -0.39 is 47.2 Å². The SMILES string of the molecule is COc1cccc2cc(C(=O)Nc3ccc4[nH]c(C(=O)N5C[C@@H](CCl)c6c5cc(OC(=O)N5CCC(N7CCCCC7)CC5)c5[nH]c(C(F)(F)F)c(C(=O)O)c65)cc4c3)oc12. The molecule has 6 heterocycles. The highest BCUT2D eigenvalue weighted by atomic mass is 35.5. The van der Waals surface area contributed by atoms with E-state index in [9.17, 15) is 37.5 Å². The monoisotopic (exact) mass is 860 g/mol. The van der Waals surface area contributed by atoms with Crippen LogP contribution < -0.4 is 19.7 Å².